The molecule has 0 spiro atoms. The quantitative estimate of drug-likeness (QED) is 0.517. The SMILES string of the molecule is Cc1cc(C2c3cc(O)c(cc3O)C2c2cccc(C)c2O)ccc1O. The van der Waals surface area contributed by atoms with Crippen LogP contribution in [0.25, 0.3) is 0 Å². The van der Waals surface area contributed by atoms with Crippen LogP contribution in [0.15, 0.2) is 48.5 Å². The van der Waals surface area contributed by atoms with E-state index in [0.29, 0.717) is 16.7 Å². The van der Waals surface area contributed by atoms with Crippen molar-refractivity contribution in [3.05, 3.63) is 81.9 Å². The smallest absolute Gasteiger partial charge is 0.122 e. The molecule has 0 aromatic heterocycles. The highest BCUT2D eigenvalue weighted by Crippen LogP contribution is 2.56. The van der Waals surface area contributed by atoms with Crippen molar-refractivity contribution >= 4 is 0 Å². The lowest BCUT2D eigenvalue weighted by atomic mass is 9.68. The average Bonchev–Trinajstić information content (AvgIpc) is 2.60. The van der Waals surface area contributed by atoms with Crippen LogP contribution in [0.2, 0.25) is 0 Å². The van der Waals surface area contributed by atoms with E-state index < -0.39 is 0 Å². The molecule has 4 N–H and O–H groups in total. The van der Waals surface area contributed by atoms with E-state index >= 15 is 0 Å². The van der Waals surface area contributed by atoms with Gasteiger partial charge in [-0.1, -0.05) is 30.3 Å². The summed E-state index contributed by atoms with van der Waals surface area (Å²) in [5.74, 6) is 0.0415. The summed E-state index contributed by atoms with van der Waals surface area (Å²) < 4.78 is 0. The average molecular weight is 348 g/mol. The Labute approximate surface area is 151 Å². The number of hydrogen-bond acceptors (Lipinski definition) is 4. The Morgan fingerprint density at radius 3 is 1.92 bits per heavy atom. The van der Waals surface area contributed by atoms with Crippen molar-refractivity contribution in [2.24, 2.45) is 0 Å². The largest absolute Gasteiger partial charge is 0.508 e. The van der Waals surface area contributed by atoms with Gasteiger partial charge in [0.1, 0.15) is 23.0 Å². The summed E-state index contributed by atoms with van der Waals surface area (Å²) in [6.45, 7) is 3.65. The topological polar surface area (TPSA) is 80.9 Å². The molecule has 2 bridgehead atoms. The molecule has 3 aromatic carbocycles. The predicted octanol–water partition coefficient (Wildman–Crippen LogP) is 4.40. The molecule has 2 unspecified atom stereocenters. The molecule has 132 valence electrons. The van der Waals surface area contributed by atoms with Gasteiger partial charge in [0.25, 0.3) is 0 Å². The van der Waals surface area contributed by atoms with Crippen LogP contribution in [0.1, 0.15) is 45.2 Å². The van der Waals surface area contributed by atoms with Crippen LogP contribution in [0.3, 0.4) is 0 Å². The first-order valence-electron chi connectivity index (χ1n) is 8.52. The first-order valence-corrected chi connectivity index (χ1v) is 8.52. The van der Waals surface area contributed by atoms with Crippen molar-refractivity contribution in [3.8, 4) is 23.0 Å². The van der Waals surface area contributed by atoms with E-state index in [1.807, 2.05) is 44.2 Å². The lowest BCUT2D eigenvalue weighted by molar-refractivity contribution is 0.416. The minimum absolute atomic E-state index is 0.107. The number of rotatable bonds is 2. The molecular weight excluding hydrogens is 328 g/mol. The lowest BCUT2D eigenvalue weighted by Crippen LogP contribution is -2.20. The van der Waals surface area contributed by atoms with Crippen LogP contribution in [0, 0.1) is 13.8 Å². The van der Waals surface area contributed by atoms with Gasteiger partial charge in [-0.15, -0.1) is 0 Å². The molecule has 0 saturated carbocycles. The van der Waals surface area contributed by atoms with Crippen molar-refractivity contribution in [2.45, 2.75) is 25.7 Å². The zero-order valence-electron chi connectivity index (χ0n) is 14.6. The Morgan fingerprint density at radius 1 is 0.615 bits per heavy atom. The zero-order valence-corrected chi connectivity index (χ0v) is 14.6. The van der Waals surface area contributed by atoms with Gasteiger partial charge in [-0.3, -0.25) is 0 Å². The Kier molecular flexibility index (Phi) is 3.58. The molecule has 3 aromatic rings. The third-order valence-corrected chi connectivity index (χ3v) is 5.36. The lowest BCUT2D eigenvalue weighted by Gasteiger charge is -2.35. The minimum Gasteiger partial charge on any atom is -0.508 e. The van der Waals surface area contributed by atoms with E-state index in [2.05, 4.69) is 0 Å². The standard InChI is InChI=1S/C22H20O4/c1-11-4-3-5-14(22(11)26)21-16-10-18(24)15(9-19(16)25)20(21)13-6-7-17(23)12(2)8-13/h3-10,20-21,23-26H,1-2H3. The summed E-state index contributed by atoms with van der Waals surface area (Å²) >= 11 is 0. The molecule has 4 heteroatoms. The van der Waals surface area contributed by atoms with Crippen LogP contribution < -0.4 is 0 Å². The van der Waals surface area contributed by atoms with Crippen molar-refractivity contribution in [3.63, 3.8) is 0 Å². The molecular formula is C22H20O4. The van der Waals surface area contributed by atoms with Gasteiger partial charge in [0.05, 0.1) is 0 Å². The number of fused-ring (bicyclic) bond motifs is 3. The second kappa shape index (κ2) is 5.70. The van der Waals surface area contributed by atoms with E-state index in [9.17, 15) is 20.4 Å². The number of benzene rings is 3. The molecule has 0 fully saturated rings. The highest BCUT2D eigenvalue weighted by Gasteiger charge is 2.38. The monoisotopic (exact) mass is 348 g/mol. The first kappa shape index (κ1) is 16.3. The van der Waals surface area contributed by atoms with Gasteiger partial charge in [-0.2, -0.15) is 0 Å². The molecule has 4 nitrogen and oxygen atoms in total. The number of phenolic OH excluding ortho intramolecular Hbond substituents is 4. The van der Waals surface area contributed by atoms with Crippen molar-refractivity contribution in [2.75, 3.05) is 0 Å². The number of para-hydroxylation sites is 1. The maximum atomic E-state index is 10.6. The molecule has 0 heterocycles. The van der Waals surface area contributed by atoms with Gasteiger partial charge in [-0.25, -0.2) is 0 Å². The summed E-state index contributed by atoms with van der Waals surface area (Å²) in [6.07, 6.45) is 0. The molecule has 0 saturated heterocycles. The second-order valence-electron chi connectivity index (χ2n) is 6.98. The fraction of sp³-hybridized carbons (Fsp3) is 0.182. The molecule has 0 amide bonds. The summed E-state index contributed by atoms with van der Waals surface area (Å²) in [6, 6.07) is 14.0. The summed E-state index contributed by atoms with van der Waals surface area (Å²) in [5, 5.41) is 41.3. The molecule has 2 aliphatic carbocycles. The van der Waals surface area contributed by atoms with Crippen LogP contribution in [0.5, 0.6) is 23.0 Å². The molecule has 5 rings (SSSR count). The van der Waals surface area contributed by atoms with Gasteiger partial charge in [0, 0.05) is 28.5 Å². The summed E-state index contributed by atoms with van der Waals surface area (Å²) in [4.78, 5) is 0. The van der Waals surface area contributed by atoms with Gasteiger partial charge in [0.15, 0.2) is 0 Å². The maximum absolute atomic E-state index is 10.6. The third kappa shape index (κ3) is 2.30. The van der Waals surface area contributed by atoms with E-state index in [-0.39, 0.29) is 34.8 Å². The van der Waals surface area contributed by atoms with Gasteiger partial charge < -0.3 is 20.4 Å². The van der Waals surface area contributed by atoms with Crippen molar-refractivity contribution in [1.82, 2.24) is 0 Å². The molecule has 2 atom stereocenters. The predicted molar refractivity (Wildman–Crippen MR) is 99.1 cm³/mol. The third-order valence-electron chi connectivity index (χ3n) is 5.36. The highest BCUT2D eigenvalue weighted by atomic mass is 16.3. The van der Waals surface area contributed by atoms with Crippen LogP contribution in [0.4, 0.5) is 0 Å². The second-order valence-corrected chi connectivity index (χ2v) is 6.98. The number of phenols is 4. The Bertz CT molecular complexity index is 1020. The van der Waals surface area contributed by atoms with Gasteiger partial charge in [0.2, 0.25) is 0 Å². The highest BCUT2D eigenvalue weighted by molar-refractivity contribution is 5.63. The van der Waals surface area contributed by atoms with Crippen LogP contribution >= 0.6 is 0 Å². The van der Waals surface area contributed by atoms with Gasteiger partial charge >= 0.3 is 0 Å². The van der Waals surface area contributed by atoms with E-state index in [4.69, 9.17) is 0 Å². The number of hydrogen-bond donors (Lipinski definition) is 4. The van der Waals surface area contributed by atoms with E-state index in [0.717, 1.165) is 16.7 Å². The Balaban J connectivity index is 1.98. The summed E-state index contributed by atoms with van der Waals surface area (Å²) in [7, 11) is 0. The fourth-order valence-corrected chi connectivity index (χ4v) is 3.99. The summed E-state index contributed by atoms with van der Waals surface area (Å²) in [5.41, 5.74) is 4.28. The molecule has 26 heavy (non-hydrogen) atoms. The van der Waals surface area contributed by atoms with Crippen molar-refractivity contribution in [1.29, 1.82) is 0 Å². The molecule has 0 aliphatic heterocycles. The molecule has 0 radical (unpaired) electrons. The minimum atomic E-state index is -0.324. The van der Waals surface area contributed by atoms with Crippen LogP contribution in [-0.4, -0.2) is 20.4 Å². The van der Waals surface area contributed by atoms with Crippen LogP contribution in [-0.2, 0) is 0 Å². The zero-order chi connectivity index (χ0) is 18.6. The maximum Gasteiger partial charge on any atom is 0.122 e. The fourth-order valence-electron chi connectivity index (χ4n) is 3.99. The number of aromatic hydroxyl groups is 4. The van der Waals surface area contributed by atoms with Gasteiger partial charge in [-0.05, 0) is 48.7 Å². The van der Waals surface area contributed by atoms with E-state index in [1.54, 1.807) is 18.2 Å². The molecule has 2 aliphatic rings. The number of aryl methyl sites for hydroxylation is 2. The van der Waals surface area contributed by atoms with E-state index in [1.165, 1.54) is 0 Å². The first-order chi connectivity index (χ1) is 12.4. The Hall–Kier alpha value is -3.14. The van der Waals surface area contributed by atoms with Crippen molar-refractivity contribution < 1.29 is 20.4 Å². The normalized spacial score (nSPS) is 18.2. The Morgan fingerprint density at radius 2 is 1.27 bits per heavy atom.